The van der Waals surface area contributed by atoms with Crippen molar-refractivity contribution in [1.29, 1.82) is 0 Å². The van der Waals surface area contributed by atoms with Gasteiger partial charge in [0.25, 0.3) is 0 Å². The maximum absolute atomic E-state index is 11.7. The molecule has 4 rings (SSSR count). The van der Waals surface area contributed by atoms with Crippen LogP contribution in [0.2, 0.25) is 0 Å². The monoisotopic (exact) mass is 348 g/mol. The standard InChI is InChI=1S/C22H36O3/c1-20-9-4-10-22(20,25)18-7-6-16-13-19(24)15(5-3-12-23)14-21(16,2)17(18)8-11-20/h12,15-19,24-25H,3-11,13-14H2,1-2H3/t15?,16?,17-,18-,19?,20+,21+,22-/m1/s1. The maximum atomic E-state index is 11.7. The van der Waals surface area contributed by atoms with E-state index in [0.717, 1.165) is 51.2 Å². The van der Waals surface area contributed by atoms with E-state index in [9.17, 15) is 15.0 Å². The fourth-order valence-corrected chi connectivity index (χ4v) is 7.96. The Kier molecular flexibility index (Phi) is 4.35. The van der Waals surface area contributed by atoms with Crippen LogP contribution in [-0.4, -0.2) is 28.2 Å². The summed E-state index contributed by atoms with van der Waals surface area (Å²) in [6.45, 7) is 4.79. The summed E-state index contributed by atoms with van der Waals surface area (Å²) in [7, 11) is 0. The van der Waals surface area contributed by atoms with Crippen LogP contribution in [0.1, 0.15) is 84.5 Å². The average molecular weight is 349 g/mol. The molecule has 4 aliphatic carbocycles. The number of hydrogen-bond donors (Lipinski definition) is 2. The molecule has 0 aliphatic heterocycles. The van der Waals surface area contributed by atoms with Crippen molar-refractivity contribution in [2.24, 2.45) is 34.5 Å². The van der Waals surface area contributed by atoms with Gasteiger partial charge in [-0.25, -0.2) is 0 Å². The zero-order chi connectivity index (χ0) is 17.9. The summed E-state index contributed by atoms with van der Waals surface area (Å²) >= 11 is 0. The van der Waals surface area contributed by atoms with Crippen molar-refractivity contribution in [2.75, 3.05) is 0 Å². The van der Waals surface area contributed by atoms with Crippen LogP contribution in [0.15, 0.2) is 0 Å². The first-order chi connectivity index (χ1) is 11.8. The highest BCUT2D eigenvalue weighted by atomic mass is 16.3. The molecule has 142 valence electrons. The second-order valence-electron chi connectivity index (χ2n) is 10.4. The van der Waals surface area contributed by atoms with Crippen LogP contribution in [0.5, 0.6) is 0 Å². The zero-order valence-electron chi connectivity index (χ0n) is 16.0. The minimum Gasteiger partial charge on any atom is -0.393 e. The third-order valence-corrected chi connectivity index (χ3v) is 9.47. The molecule has 4 fully saturated rings. The van der Waals surface area contributed by atoms with Gasteiger partial charge in [-0.05, 0) is 98.7 Å². The first kappa shape index (κ1) is 18.0. The Hall–Kier alpha value is -0.410. The van der Waals surface area contributed by atoms with Crippen molar-refractivity contribution >= 4 is 6.29 Å². The van der Waals surface area contributed by atoms with Gasteiger partial charge in [0.05, 0.1) is 11.7 Å². The lowest BCUT2D eigenvalue weighted by Crippen LogP contribution is -2.62. The lowest BCUT2D eigenvalue weighted by molar-refractivity contribution is -0.208. The minimum absolute atomic E-state index is 0.127. The molecule has 0 bridgehead atoms. The fourth-order valence-electron chi connectivity index (χ4n) is 7.96. The topological polar surface area (TPSA) is 57.5 Å². The summed E-state index contributed by atoms with van der Waals surface area (Å²) in [6, 6.07) is 0. The van der Waals surface area contributed by atoms with E-state index in [1.807, 2.05) is 0 Å². The maximum Gasteiger partial charge on any atom is 0.120 e. The van der Waals surface area contributed by atoms with E-state index < -0.39 is 5.60 Å². The molecule has 25 heavy (non-hydrogen) atoms. The van der Waals surface area contributed by atoms with Gasteiger partial charge in [0.1, 0.15) is 6.29 Å². The van der Waals surface area contributed by atoms with Gasteiger partial charge in [0.15, 0.2) is 0 Å². The number of carbonyl (C=O) groups is 1. The summed E-state index contributed by atoms with van der Waals surface area (Å²) in [5.41, 5.74) is -0.101. The number of aliphatic hydroxyl groups excluding tert-OH is 1. The zero-order valence-corrected chi connectivity index (χ0v) is 16.0. The Morgan fingerprint density at radius 3 is 2.64 bits per heavy atom. The molecule has 0 aromatic heterocycles. The van der Waals surface area contributed by atoms with Crippen LogP contribution in [0.25, 0.3) is 0 Å². The molecule has 0 radical (unpaired) electrons. The Balaban J connectivity index is 1.61. The van der Waals surface area contributed by atoms with Crippen LogP contribution < -0.4 is 0 Å². The SMILES string of the molecule is C[C@@]12CCC[C@@]1(O)[C@@H]1CCC3CC(O)C(CCC=O)C[C@]3(C)[C@@H]1CC2. The van der Waals surface area contributed by atoms with Crippen LogP contribution >= 0.6 is 0 Å². The highest BCUT2D eigenvalue weighted by molar-refractivity contribution is 5.49. The molecule has 3 heteroatoms. The lowest BCUT2D eigenvalue weighted by Gasteiger charge is -2.63. The van der Waals surface area contributed by atoms with E-state index in [1.54, 1.807) is 0 Å². The molecule has 0 spiro atoms. The van der Waals surface area contributed by atoms with Crippen molar-refractivity contribution < 1.29 is 15.0 Å². The van der Waals surface area contributed by atoms with Crippen LogP contribution in [0, 0.1) is 34.5 Å². The summed E-state index contributed by atoms with van der Waals surface area (Å²) in [4.78, 5) is 10.8. The van der Waals surface area contributed by atoms with Gasteiger partial charge in [-0.1, -0.05) is 13.8 Å². The first-order valence-corrected chi connectivity index (χ1v) is 10.7. The average Bonchev–Trinajstić information content (AvgIpc) is 2.89. The molecule has 2 N–H and O–H groups in total. The first-order valence-electron chi connectivity index (χ1n) is 10.7. The Morgan fingerprint density at radius 1 is 1.08 bits per heavy atom. The fraction of sp³-hybridized carbons (Fsp3) is 0.955. The van der Waals surface area contributed by atoms with Gasteiger partial charge >= 0.3 is 0 Å². The third-order valence-electron chi connectivity index (χ3n) is 9.47. The number of aldehydes is 1. The highest BCUT2D eigenvalue weighted by Gasteiger charge is 2.64. The number of aliphatic hydroxyl groups is 2. The number of carbonyl (C=O) groups excluding carboxylic acids is 1. The minimum atomic E-state index is -0.460. The van der Waals surface area contributed by atoms with Gasteiger partial charge < -0.3 is 15.0 Å². The molecule has 4 saturated carbocycles. The number of rotatable bonds is 3. The molecule has 0 aromatic carbocycles. The quantitative estimate of drug-likeness (QED) is 0.755. The van der Waals surface area contributed by atoms with Gasteiger partial charge in [-0.15, -0.1) is 0 Å². The molecule has 0 heterocycles. The van der Waals surface area contributed by atoms with E-state index in [-0.39, 0.29) is 22.9 Å². The Morgan fingerprint density at radius 2 is 1.88 bits per heavy atom. The van der Waals surface area contributed by atoms with E-state index in [1.165, 1.54) is 19.3 Å². The molecule has 0 saturated heterocycles. The summed E-state index contributed by atoms with van der Waals surface area (Å²) in [6.07, 6.45) is 12.2. The van der Waals surface area contributed by atoms with Gasteiger partial charge in [-0.3, -0.25) is 0 Å². The second kappa shape index (κ2) is 6.05. The summed E-state index contributed by atoms with van der Waals surface area (Å²) in [5.74, 6) is 1.88. The molecule has 4 aliphatic rings. The Labute approximate surface area is 152 Å². The van der Waals surface area contributed by atoms with Gasteiger partial charge in [0.2, 0.25) is 0 Å². The van der Waals surface area contributed by atoms with E-state index >= 15 is 0 Å². The predicted molar refractivity (Wildman–Crippen MR) is 98.0 cm³/mol. The van der Waals surface area contributed by atoms with Crippen molar-refractivity contribution in [1.82, 2.24) is 0 Å². The summed E-state index contributed by atoms with van der Waals surface area (Å²) in [5, 5.41) is 22.4. The van der Waals surface area contributed by atoms with Crippen LogP contribution in [-0.2, 0) is 4.79 Å². The van der Waals surface area contributed by atoms with Crippen LogP contribution in [0.3, 0.4) is 0 Å². The van der Waals surface area contributed by atoms with Crippen molar-refractivity contribution in [3.05, 3.63) is 0 Å². The summed E-state index contributed by atoms with van der Waals surface area (Å²) < 4.78 is 0. The normalized spacial score (nSPS) is 55.1. The molecule has 8 atom stereocenters. The van der Waals surface area contributed by atoms with Gasteiger partial charge in [0, 0.05) is 6.42 Å². The van der Waals surface area contributed by atoms with Gasteiger partial charge in [-0.2, -0.15) is 0 Å². The second-order valence-corrected chi connectivity index (χ2v) is 10.4. The van der Waals surface area contributed by atoms with Crippen molar-refractivity contribution in [3.63, 3.8) is 0 Å². The Bertz CT molecular complexity index is 533. The molecular formula is C22H36O3. The smallest absolute Gasteiger partial charge is 0.120 e. The largest absolute Gasteiger partial charge is 0.393 e. The van der Waals surface area contributed by atoms with E-state index in [0.29, 0.717) is 24.2 Å². The molecule has 0 amide bonds. The molecule has 3 unspecified atom stereocenters. The number of hydrogen-bond acceptors (Lipinski definition) is 3. The van der Waals surface area contributed by atoms with Crippen molar-refractivity contribution in [2.45, 2.75) is 96.2 Å². The van der Waals surface area contributed by atoms with Crippen LogP contribution in [0.4, 0.5) is 0 Å². The van der Waals surface area contributed by atoms with Crippen molar-refractivity contribution in [3.8, 4) is 0 Å². The molecular weight excluding hydrogens is 312 g/mol. The third kappa shape index (κ3) is 2.48. The molecule has 0 aromatic rings. The molecule has 3 nitrogen and oxygen atoms in total. The predicted octanol–water partition coefficient (Wildman–Crippen LogP) is 4.10. The van der Waals surface area contributed by atoms with E-state index in [2.05, 4.69) is 13.8 Å². The highest BCUT2D eigenvalue weighted by Crippen LogP contribution is 2.68. The van der Waals surface area contributed by atoms with E-state index in [4.69, 9.17) is 0 Å². The lowest BCUT2D eigenvalue weighted by atomic mass is 9.43. The number of fused-ring (bicyclic) bond motifs is 5.